The number of aliphatic imine (C=N–C) groups is 1. The van der Waals surface area contributed by atoms with Crippen molar-refractivity contribution in [2.75, 3.05) is 37.0 Å². The summed E-state index contributed by atoms with van der Waals surface area (Å²) in [5.74, 6) is 0.885. The van der Waals surface area contributed by atoms with Gasteiger partial charge in [0.1, 0.15) is 11.5 Å². The molecule has 0 atom stereocenters. The van der Waals surface area contributed by atoms with Crippen LogP contribution < -0.4 is 15.5 Å². The molecule has 0 unspecified atom stereocenters. The molecule has 2 rings (SSSR count). The summed E-state index contributed by atoms with van der Waals surface area (Å²) in [6.45, 7) is 12.1. The Morgan fingerprint density at radius 2 is 2.13 bits per heavy atom. The lowest BCUT2D eigenvalue weighted by molar-refractivity contribution is 0.263. The standard InChI is InChI=1S/C22H34FN7/c1-6-7-8-9-18(23)14-25-16-30(17(2)3)21-20(24-4)15-26-22(28-21)27-19-10-12-29(5)13-11-19/h6-9,14-15,17,19,25H,4,10-13,16H2,1-3,5H3,(H,26,27,28)/b7-6-,9-8-,18-14-. The van der Waals surface area contributed by atoms with Crippen LogP contribution in [0, 0.1) is 0 Å². The van der Waals surface area contributed by atoms with Crippen LogP contribution in [-0.4, -0.2) is 60.5 Å². The number of rotatable bonds is 10. The van der Waals surface area contributed by atoms with E-state index in [0.717, 1.165) is 25.9 Å². The molecule has 0 aliphatic carbocycles. The highest BCUT2D eigenvalue weighted by molar-refractivity contribution is 5.65. The minimum atomic E-state index is -0.355. The second kappa shape index (κ2) is 12.1. The van der Waals surface area contributed by atoms with Crippen LogP contribution in [0.5, 0.6) is 0 Å². The first-order chi connectivity index (χ1) is 14.4. The Labute approximate surface area is 179 Å². The van der Waals surface area contributed by atoms with Crippen LogP contribution in [0.25, 0.3) is 0 Å². The van der Waals surface area contributed by atoms with Gasteiger partial charge in [-0.1, -0.05) is 18.2 Å². The predicted molar refractivity (Wildman–Crippen MR) is 124 cm³/mol. The lowest BCUT2D eigenvalue weighted by Gasteiger charge is -2.31. The lowest BCUT2D eigenvalue weighted by atomic mass is 10.1. The Balaban J connectivity index is 2.13. The lowest BCUT2D eigenvalue weighted by Crippen LogP contribution is -2.39. The Morgan fingerprint density at radius 3 is 2.77 bits per heavy atom. The van der Waals surface area contributed by atoms with Crippen molar-refractivity contribution < 1.29 is 4.39 Å². The van der Waals surface area contributed by atoms with E-state index in [1.165, 1.54) is 12.3 Å². The zero-order valence-electron chi connectivity index (χ0n) is 18.5. The van der Waals surface area contributed by atoms with Gasteiger partial charge in [0.2, 0.25) is 5.95 Å². The molecule has 0 radical (unpaired) electrons. The van der Waals surface area contributed by atoms with E-state index >= 15 is 0 Å². The largest absolute Gasteiger partial charge is 0.371 e. The van der Waals surface area contributed by atoms with Gasteiger partial charge in [0.15, 0.2) is 5.82 Å². The van der Waals surface area contributed by atoms with Crippen LogP contribution in [0.15, 0.2) is 47.5 Å². The Morgan fingerprint density at radius 1 is 1.40 bits per heavy atom. The van der Waals surface area contributed by atoms with E-state index in [4.69, 9.17) is 4.98 Å². The number of anilines is 2. The SMILES string of the molecule is C=Nc1cnc(NC2CCN(C)CC2)nc1N(CN/C=C(F)/C=C\C=C/C)C(C)C. The van der Waals surface area contributed by atoms with E-state index in [-0.39, 0.29) is 11.9 Å². The first-order valence-electron chi connectivity index (χ1n) is 10.4. The highest BCUT2D eigenvalue weighted by Crippen LogP contribution is 2.28. The van der Waals surface area contributed by atoms with Gasteiger partial charge in [0.05, 0.1) is 12.9 Å². The van der Waals surface area contributed by atoms with Gasteiger partial charge in [-0.25, -0.2) is 9.37 Å². The topological polar surface area (TPSA) is 68.7 Å². The minimum Gasteiger partial charge on any atom is -0.371 e. The number of allylic oxidation sites excluding steroid dienone is 5. The number of halogens is 1. The second-order valence-corrected chi connectivity index (χ2v) is 7.62. The predicted octanol–water partition coefficient (Wildman–Crippen LogP) is 4.02. The fraction of sp³-hybridized carbons (Fsp3) is 0.500. The van der Waals surface area contributed by atoms with Gasteiger partial charge >= 0.3 is 0 Å². The maximum absolute atomic E-state index is 13.9. The molecule has 2 heterocycles. The Bertz CT molecular complexity index is 765. The molecule has 8 heteroatoms. The van der Waals surface area contributed by atoms with Crippen molar-refractivity contribution in [2.45, 2.75) is 45.7 Å². The number of piperidine rings is 1. The summed E-state index contributed by atoms with van der Waals surface area (Å²) < 4.78 is 13.9. The van der Waals surface area contributed by atoms with E-state index < -0.39 is 0 Å². The summed E-state index contributed by atoms with van der Waals surface area (Å²) >= 11 is 0. The molecule has 164 valence electrons. The molecule has 0 aromatic carbocycles. The molecular formula is C22H34FN7. The van der Waals surface area contributed by atoms with Crippen LogP contribution >= 0.6 is 0 Å². The summed E-state index contributed by atoms with van der Waals surface area (Å²) in [7, 11) is 2.14. The summed E-state index contributed by atoms with van der Waals surface area (Å²) in [6, 6.07) is 0.460. The number of hydrogen-bond acceptors (Lipinski definition) is 7. The third-order valence-electron chi connectivity index (χ3n) is 4.93. The molecule has 1 saturated heterocycles. The summed E-state index contributed by atoms with van der Waals surface area (Å²) in [5.41, 5.74) is 0.594. The van der Waals surface area contributed by atoms with Crippen molar-refractivity contribution in [3.05, 3.63) is 42.5 Å². The summed E-state index contributed by atoms with van der Waals surface area (Å²) in [6.07, 6.45) is 11.8. The maximum atomic E-state index is 13.9. The van der Waals surface area contributed by atoms with Gasteiger partial charge in [0.25, 0.3) is 0 Å². The molecular weight excluding hydrogens is 381 g/mol. The minimum absolute atomic E-state index is 0.110. The van der Waals surface area contributed by atoms with E-state index in [0.29, 0.717) is 30.2 Å². The van der Waals surface area contributed by atoms with E-state index in [2.05, 4.69) is 39.3 Å². The fourth-order valence-electron chi connectivity index (χ4n) is 3.14. The van der Waals surface area contributed by atoms with Crippen molar-refractivity contribution >= 4 is 24.2 Å². The van der Waals surface area contributed by atoms with Crippen molar-refractivity contribution in [1.82, 2.24) is 20.2 Å². The molecule has 0 saturated carbocycles. The zero-order valence-corrected chi connectivity index (χ0v) is 18.5. The molecule has 1 aliphatic heterocycles. The fourth-order valence-corrected chi connectivity index (χ4v) is 3.14. The second-order valence-electron chi connectivity index (χ2n) is 7.62. The number of likely N-dealkylation sites (tertiary alicyclic amines) is 1. The number of aromatic nitrogens is 2. The van der Waals surface area contributed by atoms with Gasteiger partial charge in [0, 0.05) is 18.3 Å². The highest BCUT2D eigenvalue weighted by atomic mass is 19.1. The quantitative estimate of drug-likeness (QED) is 0.342. The number of nitrogens with zero attached hydrogens (tertiary/aromatic N) is 5. The smallest absolute Gasteiger partial charge is 0.224 e. The first kappa shape index (κ1) is 23.5. The normalized spacial score (nSPS) is 16.5. The van der Waals surface area contributed by atoms with Crippen LogP contribution in [-0.2, 0) is 0 Å². The van der Waals surface area contributed by atoms with Gasteiger partial charge in [-0.05, 0) is 66.5 Å². The molecule has 0 bridgehead atoms. The van der Waals surface area contributed by atoms with Crippen LogP contribution in [0.4, 0.5) is 21.8 Å². The van der Waals surface area contributed by atoms with Crippen molar-refractivity contribution in [3.63, 3.8) is 0 Å². The number of hydrogen-bond donors (Lipinski definition) is 2. The van der Waals surface area contributed by atoms with E-state index in [1.54, 1.807) is 18.3 Å². The average Bonchev–Trinajstić information content (AvgIpc) is 2.73. The molecule has 1 aliphatic rings. The van der Waals surface area contributed by atoms with Gasteiger partial charge in [-0.2, -0.15) is 4.98 Å². The molecule has 2 N–H and O–H groups in total. The highest BCUT2D eigenvalue weighted by Gasteiger charge is 2.20. The van der Waals surface area contributed by atoms with Crippen LogP contribution in [0.1, 0.15) is 33.6 Å². The molecule has 7 nitrogen and oxygen atoms in total. The maximum Gasteiger partial charge on any atom is 0.224 e. The van der Waals surface area contributed by atoms with Gasteiger partial charge in [-0.15, -0.1) is 0 Å². The molecule has 1 aromatic rings. The molecule has 1 aromatic heterocycles. The van der Waals surface area contributed by atoms with Crippen LogP contribution in [0.3, 0.4) is 0 Å². The summed E-state index contributed by atoms with van der Waals surface area (Å²) in [4.78, 5) is 17.5. The summed E-state index contributed by atoms with van der Waals surface area (Å²) in [5, 5.41) is 6.46. The molecule has 0 spiro atoms. The monoisotopic (exact) mass is 415 g/mol. The van der Waals surface area contributed by atoms with Gasteiger partial charge in [-0.3, -0.25) is 4.99 Å². The molecule has 0 amide bonds. The third-order valence-corrected chi connectivity index (χ3v) is 4.93. The first-order valence-corrected chi connectivity index (χ1v) is 10.4. The average molecular weight is 416 g/mol. The molecule has 1 fully saturated rings. The molecule has 30 heavy (non-hydrogen) atoms. The van der Waals surface area contributed by atoms with Crippen LogP contribution in [0.2, 0.25) is 0 Å². The number of nitrogens with one attached hydrogen (secondary N) is 2. The van der Waals surface area contributed by atoms with Crippen molar-refractivity contribution in [2.24, 2.45) is 4.99 Å². The van der Waals surface area contributed by atoms with Gasteiger partial charge < -0.3 is 20.4 Å². The van der Waals surface area contributed by atoms with Crippen molar-refractivity contribution in [1.29, 1.82) is 0 Å². The van der Waals surface area contributed by atoms with E-state index in [9.17, 15) is 4.39 Å². The zero-order chi connectivity index (χ0) is 21.9. The van der Waals surface area contributed by atoms with E-state index in [1.807, 2.05) is 31.7 Å². The third kappa shape index (κ3) is 7.26. The Kier molecular flexibility index (Phi) is 9.47. The van der Waals surface area contributed by atoms with Crippen molar-refractivity contribution in [3.8, 4) is 0 Å². The Hall–Kier alpha value is -2.74.